The van der Waals surface area contributed by atoms with E-state index in [2.05, 4.69) is 5.32 Å². The standard InChI is InChI=1S/C13H24N2O/c14-7-8-15-13(16)12-6-5-10-3-1-2-4-11(10)9-12/h10-12H,1-9,14H2,(H,15,16). The largest absolute Gasteiger partial charge is 0.355 e. The quantitative estimate of drug-likeness (QED) is 0.766. The van der Waals surface area contributed by atoms with Gasteiger partial charge in [-0.15, -0.1) is 0 Å². The van der Waals surface area contributed by atoms with Crippen molar-refractivity contribution in [1.82, 2.24) is 5.32 Å². The zero-order chi connectivity index (χ0) is 11.4. The third-order valence-corrected chi connectivity index (χ3v) is 4.35. The van der Waals surface area contributed by atoms with E-state index in [1.54, 1.807) is 0 Å². The second kappa shape index (κ2) is 5.67. The molecule has 0 heterocycles. The Bertz CT molecular complexity index is 242. The number of rotatable bonds is 3. The number of hydrogen-bond acceptors (Lipinski definition) is 2. The van der Waals surface area contributed by atoms with Gasteiger partial charge in [-0.2, -0.15) is 0 Å². The molecule has 2 aliphatic rings. The molecule has 0 radical (unpaired) electrons. The van der Waals surface area contributed by atoms with E-state index in [0.29, 0.717) is 13.1 Å². The summed E-state index contributed by atoms with van der Waals surface area (Å²) in [5.41, 5.74) is 5.40. The summed E-state index contributed by atoms with van der Waals surface area (Å²) in [7, 11) is 0. The molecule has 2 saturated carbocycles. The van der Waals surface area contributed by atoms with E-state index in [1.807, 2.05) is 0 Å². The molecule has 0 aromatic heterocycles. The summed E-state index contributed by atoms with van der Waals surface area (Å²) in [5.74, 6) is 2.27. The van der Waals surface area contributed by atoms with Crippen molar-refractivity contribution in [2.24, 2.45) is 23.5 Å². The van der Waals surface area contributed by atoms with Gasteiger partial charge in [0.2, 0.25) is 5.91 Å². The number of carbonyl (C=O) groups excluding carboxylic acids is 1. The van der Waals surface area contributed by atoms with Crippen LogP contribution in [-0.2, 0) is 4.79 Å². The average Bonchev–Trinajstić information content (AvgIpc) is 2.35. The monoisotopic (exact) mass is 224 g/mol. The SMILES string of the molecule is NCCNC(=O)C1CCC2CCCCC2C1. The van der Waals surface area contributed by atoms with Gasteiger partial charge in [0.15, 0.2) is 0 Å². The molecule has 0 spiro atoms. The fourth-order valence-electron chi connectivity index (χ4n) is 3.45. The Morgan fingerprint density at radius 3 is 2.62 bits per heavy atom. The molecule has 0 saturated heterocycles. The van der Waals surface area contributed by atoms with Gasteiger partial charge in [-0.3, -0.25) is 4.79 Å². The molecule has 3 N–H and O–H groups in total. The minimum absolute atomic E-state index is 0.245. The van der Waals surface area contributed by atoms with Gasteiger partial charge >= 0.3 is 0 Å². The van der Waals surface area contributed by atoms with Crippen molar-refractivity contribution in [2.75, 3.05) is 13.1 Å². The lowest BCUT2D eigenvalue weighted by molar-refractivity contribution is -0.127. The van der Waals surface area contributed by atoms with Crippen LogP contribution in [-0.4, -0.2) is 19.0 Å². The fraction of sp³-hybridized carbons (Fsp3) is 0.923. The van der Waals surface area contributed by atoms with Gasteiger partial charge in [-0.25, -0.2) is 0 Å². The summed E-state index contributed by atoms with van der Waals surface area (Å²) in [6.07, 6.45) is 9.03. The normalized spacial score (nSPS) is 34.2. The summed E-state index contributed by atoms with van der Waals surface area (Å²) in [6.45, 7) is 1.17. The number of nitrogens with one attached hydrogen (secondary N) is 1. The molecule has 2 fully saturated rings. The van der Waals surface area contributed by atoms with Crippen molar-refractivity contribution < 1.29 is 4.79 Å². The Labute approximate surface area is 98.2 Å². The Kier molecular flexibility index (Phi) is 4.22. The maximum Gasteiger partial charge on any atom is 0.223 e. The Hall–Kier alpha value is -0.570. The number of hydrogen-bond donors (Lipinski definition) is 2. The van der Waals surface area contributed by atoms with Crippen LogP contribution < -0.4 is 11.1 Å². The third kappa shape index (κ3) is 2.76. The molecule has 3 nitrogen and oxygen atoms in total. The van der Waals surface area contributed by atoms with Crippen LogP contribution in [0, 0.1) is 17.8 Å². The number of carbonyl (C=O) groups is 1. The predicted molar refractivity (Wildman–Crippen MR) is 64.9 cm³/mol. The molecule has 0 aromatic rings. The maximum atomic E-state index is 11.9. The highest BCUT2D eigenvalue weighted by Crippen LogP contribution is 2.42. The molecular formula is C13H24N2O. The zero-order valence-electron chi connectivity index (χ0n) is 10.1. The molecule has 2 rings (SSSR count). The predicted octanol–water partition coefficient (Wildman–Crippen LogP) is 1.67. The number of fused-ring (bicyclic) bond motifs is 1. The van der Waals surface area contributed by atoms with E-state index in [0.717, 1.165) is 24.7 Å². The van der Waals surface area contributed by atoms with Gasteiger partial charge in [0.05, 0.1) is 0 Å². The second-order valence-corrected chi connectivity index (χ2v) is 5.39. The lowest BCUT2D eigenvalue weighted by Gasteiger charge is -2.38. The van der Waals surface area contributed by atoms with Crippen molar-refractivity contribution in [3.63, 3.8) is 0 Å². The van der Waals surface area contributed by atoms with Crippen molar-refractivity contribution in [1.29, 1.82) is 0 Å². The molecule has 3 atom stereocenters. The average molecular weight is 224 g/mol. The second-order valence-electron chi connectivity index (χ2n) is 5.39. The Balaban J connectivity index is 1.82. The van der Waals surface area contributed by atoms with E-state index in [-0.39, 0.29) is 11.8 Å². The van der Waals surface area contributed by atoms with E-state index in [1.165, 1.54) is 32.1 Å². The summed E-state index contributed by atoms with van der Waals surface area (Å²) in [6, 6.07) is 0. The molecule has 0 aromatic carbocycles. The van der Waals surface area contributed by atoms with Crippen LogP contribution in [0.2, 0.25) is 0 Å². The van der Waals surface area contributed by atoms with Gasteiger partial charge in [-0.1, -0.05) is 25.7 Å². The minimum atomic E-state index is 0.245. The first-order valence-electron chi connectivity index (χ1n) is 6.79. The van der Waals surface area contributed by atoms with Crippen molar-refractivity contribution in [2.45, 2.75) is 44.9 Å². The lowest BCUT2D eigenvalue weighted by atomic mass is 9.67. The van der Waals surface area contributed by atoms with Gasteiger partial charge < -0.3 is 11.1 Å². The van der Waals surface area contributed by atoms with E-state index in [9.17, 15) is 4.79 Å². The van der Waals surface area contributed by atoms with Gasteiger partial charge in [0.1, 0.15) is 0 Å². The summed E-state index contributed by atoms with van der Waals surface area (Å²) in [4.78, 5) is 11.9. The van der Waals surface area contributed by atoms with Crippen molar-refractivity contribution in [3.8, 4) is 0 Å². The zero-order valence-corrected chi connectivity index (χ0v) is 10.1. The van der Waals surface area contributed by atoms with Gasteiger partial charge in [0.25, 0.3) is 0 Å². The van der Waals surface area contributed by atoms with Crippen LogP contribution in [0.4, 0.5) is 0 Å². The molecule has 3 unspecified atom stereocenters. The third-order valence-electron chi connectivity index (χ3n) is 4.35. The molecular weight excluding hydrogens is 200 g/mol. The van der Waals surface area contributed by atoms with Crippen LogP contribution in [0.1, 0.15) is 44.9 Å². The Morgan fingerprint density at radius 1 is 1.12 bits per heavy atom. The van der Waals surface area contributed by atoms with Crippen LogP contribution >= 0.6 is 0 Å². The smallest absolute Gasteiger partial charge is 0.223 e. The summed E-state index contributed by atoms with van der Waals surface area (Å²) >= 11 is 0. The van der Waals surface area contributed by atoms with E-state index < -0.39 is 0 Å². The molecule has 3 heteroatoms. The topological polar surface area (TPSA) is 55.1 Å². The lowest BCUT2D eigenvalue weighted by Crippen LogP contribution is -2.39. The summed E-state index contributed by atoms with van der Waals surface area (Å²) in [5, 5.41) is 2.93. The highest BCUT2D eigenvalue weighted by molar-refractivity contribution is 5.78. The van der Waals surface area contributed by atoms with E-state index >= 15 is 0 Å². The van der Waals surface area contributed by atoms with Crippen LogP contribution in [0.25, 0.3) is 0 Å². The first kappa shape index (κ1) is 11.9. The molecule has 92 valence electrons. The number of amides is 1. The van der Waals surface area contributed by atoms with E-state index in [4.69, 9.17) is 5.73 Å². The molecule has 0 bridgehead atoms. The molecule has 1 amide bonds. The Morgan fingerprint density at radius 2 is 1.88 bits per heavy atom. The molecule has 16 heavy (non-hydrogen) atoms. The highest BCUT2D eigenvalue weighted by atomic mass is 16.1. The first-order valence-corrected chi connectivity index (χ1v) is 6.79. The summed E-state index contributed by atoms with van der Waals surface area (Å²) < 4.78 is 0. The fourth-order valence-corrected chi connectivity index (χ4v) is 3.45. The van der Waals surface area contributed by atoms with Gasteiger partial charge in [-0.05, 0) is 31.1 Å². The minimum Gasteiger partial charge on any atom is -0.355 e. The number of nitrogens with two attached hydrogens (primary N) is 1. The first-order chi connectivity index (χ1) is 7.81. The van der Waals surface area contributed by atoms with Crippen LogP contribution in [0.3, 0.4) is 0 Å². The maximum absolute atomic E-state index is 11.9. The molecule has 0 aliphatic heterocycles. The van der Waals surface area contributed by atoms with Gasteiger partial charge in [0, 0.05) is 19.0 Å². The highest BCUT2D eigenvalue weighted by Gasteiger charge is 2.34. The van der Waals surface area contributed by atoms with Crippen molar-refractivity contribution >= 4 is 5.91 Å². The molecule has 2 aliphatic carbocycles. The van der Waals surface area contributed by atoms with Crippen LogP contribution in [0.15, 0.2) is 0 Å². The van der Waals surface area contributed by atoms with Crippen molar-refractivity contribution in [3.05, 3.63) is 0 Å². The van der Waals surface area contributed by atoms with Crippen LogP contribution in [0.5, 0.6) is 0 Å².